The molecule has 3 heteroatoms. The second-order valence-electron chi connectivity index (χ2n) is 4.89. The van der Waals surface area contributed by atoms with Gasteiger partial charge in [-0.15, -0.1) is 11.3 Å². The number of hydrogen-bond donors (Lipinski definition) is 1. The maximum Gasteiger partial charge on any atom is 0.0327 e. The van der Waals surface area contributed by atoms with Crippen LogP contribution in [0.4, 0.5) is 0 Å². The van der Waals surface area contributed by atoms with Gasteiger partial charge in [0.05, 0.1) is 0 Å². The van der Waals surface area contributed by atoms with Crippen molar-refractivity contribution in [2.75, 3.05) is 14.1 Å². The summed E-state index contributed by atoms with van der Waals surface area (Å²) in [6.45, 7) is 4.46. The lowest BCUT2D eigenvalue weighted by atomic mass is 10.2. The van der Waals surface area contributed by atoms with Crippen LogP contribution < -0.4 is 5.32 Å². The third-order valence-electron chi connectivity index (χ3n) is 3.47. The largest absolute Gasteiger partial charge is 0.315 e. The van der Waals surface area contributed by atoms with Gasteiger partial charge in [-0.25, -0.2) is 0 Å². The summed E-state index contributed by atoms with van der Waals surface area (Å²) in [7, 11) is 4.25. The molecule has 0 spiro atoms. The van der Waals surface area contributed by atoms with E-state index in [0.717, 1.165) is 25.0 Å². The van der Waals surface area contributed by atoms with Gasteiger partial charge >= 0.3 is 0 Å². The monoisotopic (exact) mass is 238 g/mol. The molecule has 1 aliphatic rings. The maximum atomic E-state index is 3.20. The van der Waals surface area contributed by atoms with Gasteiger partial charge in [-0.2, -0.15) is 0 Å². The Hall–Kier alpha value is -0.380. The first-order valence-corrected chi connectivity index (χ1v) is 6.94. The molecule has 0 bridgehead atoms. The van der Waals surface area contributed by atoms with Crippen molar-refractivity contribution in [1.29, 1.82) is 0 Å². The summed E-state index contributed by atoms with van der Waals surface area (Å²) in [4.78, 5) is 5.41. The van der Waals surface area contributed by atoms with Crippen LogP contribution in [0.2, 0.25) is 0 Å². The highest BCUT2D eigenvalue weighted by atomic mass is 32.1. The summed E-state index contributed by atoms with van der Waals surface area (Å²) in [6.07, 6.45) is 2.86. The average molecular weight is 238 g/mol. The van der Waals surface area contributed by atoms with Gasteiger partial charge in [0.25, 0.3) is 0 Å². The van der Waals surface area contributed by atoms with E-state index in [2.05, 4.69) is 36.3 Å². The van der Waals surface area contributed by atoms with Crippen LogP contribution >= 0.6 is 11.3 Å². The Morgan fingerprint density at radius 3 is 2.75 bits per heavy atom. The Morgan fingerprint density at radius 1 is 1.44 bits per heavy atom. The molecule has 1 aromatic rings. The smallest absolute Gasteiger partial charge is 0.0327 e. The zero-order chi connectivity index (χ0) is 11.5. The highest BCUT2D eigenvalue weighted by Gasteiger charge is 2.30. The molecule has 1 heterocycles. The zero-order valence-electron chi connectivity index (χ0n) is 10.5. The zero-order valence-corrected chi connectivity index (χ0v) is 11.3. The van der Waals surface area contributed by atoms with Crippen LogP contribution in [0.3, 0.4) is 0 Å². The normalized spacial score (nSPS) is 18.0. The molecule has 0 aliphatic heterocycles. The Kier molecular flexibility index (Phi) is 4.00. The lowest BCUT2D eigenvalue weighted by molar-refractivity contribution is 0.228. The summed E-state index contributed by atoms with van der Waals surface area (Å²) in [5.74, 6) is 0.960. The van der Waals surface area contributed by atoms with Crippen LogP contribution in [-0.4, -0.2) is 25.0 Å². The average Bonchev–Trinajstić information content (AvgIpc) is 3.02. The van der Waals surface area contributed by atoms with E-state index >= 15 is 0 Å². The molecule has 0 amide bonds. The molecule has 1 unspecified atom stereocenters. The summed E-state index contributed by atoms with van der Waals surface area (Å²) in [6, 6.07) is 5.26. The van der Waals surface area contributed by atoms with Gasteiger partial charge in [0.1, 0.15) is 0 Å². The molecule has 1 N–H and O–H groups in total. The number of nitrogens with zero attached hydrogens (tertiary/aromatic N) is 1. The molecule has 1 aromatic heterocycles. The topological polar surface area (TPSA) is 15.3 Å². The van der Waals surface area contributed by atoms with Gasteiger partial charge in [0.15, 0.2) is 0 Å². The first-order chi connectivity index (χ1) is 7.70. The highest BCUT2D eigenvalue weighted by Crippen LogP contribution is 2.35. The molecule has 0 saturated heterocycles. The van der Waals surface area contributed by atoms with Gasteiger partial charge in [0.2, 0.25) is 0 Å². The van der Waals surface area contributed by atoms with Gasteiger partial charge in [-0.05, 0) is 51.9 Å². The maximum absolute atomic E-state index is 3.20. The van der Waals surface area contributed by atoms with Crippen LogP contribution in [-0.2, 0) is 13.1 Å². The van der Waals surface area contributed by atoms with Crippen molar-refractivity contribution in [1.82, 2.24) is 10.2 Å². The van der Waals surface area contributed by atoms with Crippen LogP contribution in [0.25, 0.3) is 0 Å². The minimum absolute atomic E-state index is 0.745. The van der Waals surface area contributed by atoms with E-state index in [9.17, 15) is 0 Å². The van der Waals surface area contributed by atoms with Crippen molar-refractivity contribution >= 4 is 11.3 Å². The fourth-order valence-corrected chi connectivity index (χ4v) is 3.20. The Balaban J connectivity index is 1.86. The fourth-order valence-electron chi connectivity index (χ4n) is 2.10. The number of nitrogens with one attached hydrogen (secondary N) is 1. The van der Waals surface area contributed by atoms with Crippen molar-refractivity contribution in [3.63, 3.8) is 0 Å². The number of thiophene rings is 1. The molecule has 1 fully saturated rings. The van der Waals surface area contributed by atoms with E-state index < -0.39 is 0 Å². The van der Waals surface area contributed by atoms with Gasteiger partial charge < -0.3 is 5.32 Å². The van der Waals surface area contributed by atoms with Crippen molar-refractivity contribution in [2.45, 2.75) is 38.9 Å². The Labute approximate surface area is 103 Å². The first kappa shape index (κ1) is 12.1. The quantitative estimate of drug-likeness (QED) is 0.820. The number of rotatable bonds is 6. The summed E-state index contributed by atoms with van der Waals surface area (Å²) < 4.78 is 0. The van der Waals surface area contributed by atoms with Crippen molar-refractivity contribution in [3.8, 4) is 0 Å². The lowest BCUT2D eigenvalue weighted by Gasteiger charge is -2.23. The van der Waals surface area contributed by atoms with E-state index in [4.69, 9.17) is 0 Å². The van der Waals surface area contributed by atoms with Gasteiger partial charge in [0, 0.05) is 28.9 Å². The van der Waals surface area contributed by atoms with Crippen LogP contribution in [0, 0.1) is 5.92 Å². The van der Waals surface area contributed by atoms with Gasteiger partial charge in [-0.1, -0.05) is 0 Å². The summed E-state index contributed by atoms with van der Waals surface area (Å²) in [5, 5.41) is 3.20. The molecule has 1 aliphatic carbocycles. The molecule has 2 nitrogen and oxygen atoms in total. The summed E-state index contributed by atoms with van der Waals surface area (Å²) in [5.41, 5.74) is 0. The van der Waals surface area contributed by atoms with Crippen molar-refractivity contribution < 1.29 is 0 Å². The molecule has 0 aromatic carbocycles. The molecule has 90 valence electrons. The lowest BCUT2D eigenvalue weighted by Crippen LogP contribution is -2.29. The van der Waals surface area contributed by atoms with E-state index in [1.165, 1.54) is 22.6 Å². The van der Waals surface area contributed by atoms with Crippen LogP contribution in [0.1, 0.15) is 29.5 Å². The van der Waals surface area contributed by atoms with Crippen molar-refractivity contribution in [2.24, 2.45) is 5.92 Å². The summed E-state index contributed by atoms with van der Waals surface area (Å²) >= 11 is 1.93. The second kappa shape index (κ2) is 5.30. The Bertz CT molecular complexity index is 330. The molecular weight excluding hydrogens is 216 g/mol. The van der Waals surface area contributed by atoms with E-state index in [1.807, 2.05) is 18.4 Å². The molecular formula is C13H22N2S. The van der Waals surface area contributed by atoms with E-state index in [1.54, 1.807) is 0 Å². The SMILES string of the molecule is CNCc1ccc(CN(C)C(C)C2CC2)s1. The molecule has 1 saturated carbocycles. The third-order valence-corrected chi connectivity index (χ3v) is 4.54. The molecule has 2 rings (SSSR count). The van der Waals surface area contributed by atoms with E-state index in [-0.39, 0.29) is 0 Å². The minimum atomic E-state index is 0.745. The molecule has 1 atom stereocenters. The highest BCUT2D eigenvalue weighted by molar-refractivity contribution is 7.11. The second-order valence-corrected chi connectivity index (χ2v) is 6.14. The van der Waals surface area contributed by atoms with Crippen molar-refractivity contribution in [3.05, 3.63) is 21.9 Å². The first-order valence-electron chi connectivity index (χ1n) is 6.13. The minimum Gasteiger partial charge on any atom is -0.315 e. The van der Waals surface area contributed by atoms with Crippen LogP contribution in [0.15, 0.2) is 12.1 Å². The van der Waals surface area contributed by atoms with Gasteiger partial charge in [-0.3, -0.25) is 4.90 Å². The Morgan fingerprint density at radius 2 is 2.12 bits per heavy atom. The van der Waals surface area contributed by atoms with E-state index in [0.29, 0.717) is 0 Å². The predicted octanol–water partition coefficient (Wildman–Crippen LogP) is 2.70. The standard InChI is InChI=1S/C13H22N2S/c1-10(11-4-5-11)15(3)9-13-7-6-12(16-13)8-14-2/h6-7,10-11,14H,4-5,8-9H2,1-3H3. The number of hydrogen-bond acceptors (Lipinski definition) is 3. The van der Waals surface area contributed by atoms with Crippen LogP contribution in [0.5, 0.6) is 0 Å². The molecule has 16 heavy (non-hydrogen) atoms. The third kappa shape index (κ3) is 3.06. The predicted molar refractivity (Wildman–Crippen MR) is 70.7 cm³/mol. The fraction of sp³-hybridized carbons (Fsp3) is 0.692. The molecule has 0 radical (unpaired) electrons.